The van der Waals surface area contributed by atoms with Gasteiger partial charge in [0.25, 0.3) is 0 Å². The highest BCUT2D eigenvalue weighted by Crippen LogP contribution is 2.39. The Kier molecular flexibility index (Phi) is 6.38. The van der Waals surface area contributed by atoms with Crippen LogP contribution in [0.25, 0.3) is 0 Å². The summed E-state index contributed by atoms with van der Waals surface area (Å²) in [6, 6.07) is 8.85. The largest absolute Gasteiger partial charge is 0.493 e. The third-order valence-corrected chi connectivity index (χ3v) is 4.66. The molecule has 2 amide bonds. The van der Waals surface area contributed by atoms with E-state index >= 15 is 0 Å². The van der Waals surface area contributed by atoms with Gasteiger partial charge in [-0.25, -0.2) is 4.98 Å². The number of anilines is 2. The van der Waals surface area contributed by atoms with Crippen LogP contribution in [0.3, 0.4) is 0 Å². The van der Waals surface area contributed by atoms with Crippen LogP contribution in [0.2, 0.25) is 0 Å². The lowest BCUT2D eigenvalue weighted by molar-refractivity contribution is -0.143. The number of aromatic nitrogens is 1. The molecule has 1 aromatic heterocycles. The zero-order valence-electron chi connectivity index (χ0n) is 16.7. The molecule has 1 saturated heterocycles. The number of amides is 2. The summed E-state index contributed by atoms with van der Waals surface area (Å²) in [4.78, 5) is 33.0. The van der Waals surface area contributed by atoms with E-state index in [1.165, 1.54) is 26.2 Å². The number of carbonyl (C=O) groups is 2. The fourth-order valence-corrected chi connectivity index (χ4v) is 3.16. The maximum Gasteiger partial charge on any atom is 0.313 e. The predicted molar refractivity (Wildman–Crippen MR) is 108 cm³/mol. The monoisotopic (exact) mass is 400 g/mol. The number of carbonyl (C=O) groups excluding carboxylic acids is 2. The van der Waals surface area contributed by atoms with Gasteiger partial charge in [-0.1, -0.05) is 6.07 Å². The van der Waals surface area contributed by atoms with E-state index < -0.39 is 11.8 Å². The van der Waals surface area contributed by atoms with Gasteiger partial charge in [0.05, 0.1) is 21.3 Å². The SMILES string of the molecule is COc1cc(NC(=O)C(=O)N2CCN(c3ccccn3)CC2)cc(OC)c1OC. The molecule has 1 aromatic carbocycles. The van der Waals surface area contributed by atoms with Gasteiger partial charge in [0, 0.05) is 50.2 Å². The molecule has 1 fully saturated rings. The number of ether oxygens (including phenoxy) is 3. The first kappa shape index (κ1) is 20.2. The van der Waals surface area contributed by atoms with E-state index in [1.807, 2.05) is 18.2 Å². The van der Waals surface area contributed by atoms with Crippen LogP contribution in [0.4, 0.5) is 11.5 Å². The summed E-state index contributed by atoms with van der Waals surface area (Å²) >= 11 is 0. The minimum absolute atomic E-state index is 0.380. The van der Waals surface area contributed by atoms with Crippen LogP contribution >= 0.6 is 0 Å². The van der Waals surface area contributed by atoms with Crippen molar-refractivity contribution in [1.29, 1.82) is 0 Å². The molecule has 2 heterocycles. The first-order chi connectivity index (χ1) is 14.1. The predicted octanol–water partition coefficient (Wildman–Crippen LogP) is 1.39. The lowest BCUT2D eigenvalue weighted by atomic mass is 10.2. The average Bonchev–Trinajstić information content (AvgIpc) is 2.78. The van der Waals surface area contributed by atoms with E-state index in [1.54, 1.807) is 18.3 Å². The van der Waals surface area contributed by atoms with E-state index in [0.717, 1.165) is 5.82 Å². The highest BCUT2D eigenvalue weighted by molar-refractivity contribution is 6.39. The fraction of sp³-hybridized carbons (Fsp3) is 0.350. The Labute approximate surface area is 169 Å². The van der Waals surface area contributed by atoms with Gasteiger partial charge in [0.15, 0.2) is 11.5 Å². The van der Waals surface area contributed by atoms with Crippen molar-refractivity contribution in [1.82, 2.24) is 9.88 Å². The summed E-state index contributed by atoms with van der Waals surface area (Å²) in [6.45, 7) is 2.11. The number of pyridine rings is 1. The third-order valence-electron chi connectivity index (χ3n) is 4.66. The van der Waals surface area contributed by atoms with Gasteiger partial charge in [-0.05, 0) is 12.1 Å². The molecule has 0 radical (unpaired) electrons. The molecule has 0 spiro atoms. The topological polar surface area (TPSA) is 93.2 Å². The van der Waals surface area contributed by atoms with Crippen LogP contribution in [0, 0.1) is 0 Å². The van der Waals surface area contributed by atoms with Crippen LogP contribution < -0.4 is 24.4 Å². The molecule has 1 N–H and O–H groups in total. The van der Waals surface area contributed by atoms with Crippen LogP contribution in [-0.2, 0) is 9.59 Å². The Balaban J connectivity index is 1.63. The molecule has 154 valence electrons. The quantitative estimate of drug-likeness (QED) is 0.758. The van der Waals surface area contributed by atoms with Crippen molar-refractivity contribution in [3.05, 3.63) is 36.5 Å². The summed E-state index contributed by atoms with van der Waals surface area (Å²) in [5.74, 6) is 0.744. The Morgan fingerprint density at radius 3 is 2.14 bits per heavy atom. The fourth-order valence-electron chi connectivity index (χ4n) is 3.16. The zero-order valence-corrected chi connectivity index (χ0v) is 16.7. The van der Waals surface area contributed by atoms with Crippen molar-refractivity contribution in [2.45, 2.75) is 0 Å². The standard InChI is InChI=1S/C20H24N4O5/c1-27-15-12-14(13-16(28-2)18(15)29-3)22-19(25)20(26)24-10-8-23(9-11-24)17-6-4-5-7-21-17/h4-7,12-13H,8-11H2,1-3H3,(H,22,25). The van der Waals surface area contributed by atoms with Gasteiger partial charge < -0.3 is 29.3 Å². The molecule has 1 aliphatic heterocycles. The van der Waals surface area contributed by atoms with Gasteiger partial charge in [-0.3, -0.25) is 9.59 Å². The summed E-state index contributed by atoms with van der Waals surface area (Å²) < 4.78 is 15.8. The van der Waals surface area contributed by atoms with Crippen molar-refractivity contribution < 1.29 is 23.8 Å². The van der Waals surface area contributed by atoms with Gasteiger partial charge in [-0.15, -0.1) is 0 Å². The second kappa shape index (κ2) is 9.13. The second-order valence-corrected chi connectivity index (χ2v) is 6.34. The molecule has 29 heavy (non-hydrogen) atoms. The second-order valence-electron chi connectivity index (χ2n) is 6.34. The number of hydrogen-bond acceptors (Lipinski definition) is 7. The maximum absolute atomic E-state index is 12.6. The smallest absolute Gasteiger partial charge is 0.313 e. The molecule has 9 nitrogen and oxygen atoms in total. The molecule has 0 bridgehead atoms. The molecule has 2 aromatic rings. The minimum Gasteiger partial charge on any atom is -0.493 e. The van der Waals surface area contributed by atoms with Crippen molar-refractivity contribution >= 4 is 23.3 Å². The van der Waals surface area contributed by atoms with Crippen molar-refractivity contribution in [3.8, 4) is 17.2 Å². The summed E-state index contributed by atoms with van der Waals surface area (Å²) in [6.07, 6.45) is 1.73. The van der Waals surface area contributed by atoms with E-state index in [2.05, 4.69) is 15.2 Å². The zero-order chi connectivity index (χ0) is 20.8. The number of nitrogens with zero attached hydrogens (tertiary/aromatic N) is 3. The number of piperazine rings is 1. The van der Waals surface area contributed by atoms with E-state index in [4.69, 9.17) is 14.2 Å². The minimum atomic E-state index is -0.717. The first-order valence-electron chi connectivity index (χ1n) is 9.13. The number of hydrogen-bond donors (Lipinski definition) is 1. The molecular weight excluding hydrogens is 376 g/mol. The highest BCUT2D eigenvalue weighted by Gasteiger charge is 2.27. The number of benzene rings is 1. The number of methoxy groups -OCH3 is 3. The van der Waals surface area contributed by atoms with Crippen molar-refractivity contribution in [2.75, 3.05) is 57.7 Å². The summed E-state index contributed by atoms with van der Waals surface area (Å²) in [5.41, 5.74) is 0.380. The first-order valence-corrected chi connectivity index (χ1v) is 9.13. The lowest BCUT2D eigenvalue weighted by Crippen LogP contribution is -2.51. The van der Waals surface area contributed by atoms with Gasteiger partial charge in [-0.2, -0.15) is 0 Å². The number of rotatable bonds is 5. The molecule has 1 aliphatic rings. The normalized spacial score (nSPS) is 13.6. The number of nitrogens with one attached hydrogen (secondary N) is 1. The summed E-state index contributed by atoms with van der Waals surface area (Å²) in [5, 5.41) is 2.61. The molecule has 3 rings (SSSR count). The highest BCUT2D eigenvalue weighted by atomic mass is 16.5. The van der Waals surface area contributed by atoms with E-state index in [9.17, 15) is 9.59 Å². The lowest BCUT2D eigenvalue weighted by Gasteiger charge is -2.35. The van der Waals surface area contributed by atoms with Crippen LogP contribution in [0.15, 0.2) is 36.5 Å². The van der Waals surface area contributed by atoms with Gasteiger partial charge in [0.2, 0.25) is 5.75 Å². The Morgan fingerprint density at radius 1 is 0.966 bits per heavy atom. The van der Waals surface area contributed by atoms with Gasteiger partial charge in [0.1, 0.15) is 5.82 Å². The average molecular weight is 400 g/mol. The molecule has 0 saturated carbocycles. The van der Waals surface area contributed by atoms with Crippen LogP contribution in [0.1, 0.15) is 0 Å². The Hall–Kier alpha value is -3.49. The molecule has 0 aliphatic carbocycles. The summed E-state index contributed by atoms with van der Waals surface area (Å²) in [7, 11) is 4.46. The molecule has 0 unspecified atom stereocenters. The van der Waals surface area contributed by atoms with Gasteiger partial charge >= 0.3 is 11.8 Å². The van der Waals surface area contributed by atoms with E-state index in [0.29, 0.717) is 49.1 Å². The maximum atomic E-state index is 12.6. The van der Waals surface area contributed by atoms with Crippen molar-refractivity contribution in [2.24, 2.45) is 0 Å². The Bertz CT molecular complexity index is 841. The van der Waals surface area contributed by atoms with E-state index in [-0.39, 0.29) is 0 Å². The Morgan fingerprint density at radius 2 is 1.62 bits per heavy atom. The van der Waals surface area contributed by atoms with Crippen LogP contribution in [0.5, 0.6) is 17.2 Å². The van der Waals surface area contributed by atoms with Crippen LogP contribution in [-0.4, -0.2) is 69.2 Å². The van der Waals surface area contributed by atoms with Crippen molar-refractivity contribution in [3.63, 3.8) is 0 Å². The molecule has 9 heteroatoms. The molecular formula is C20H24N4O5. The molecule has 0 atom stereocenters. The third kappa shape index (κ3) is 4.50.